The Hall–Kier alpha value is -3.19. The van der Waals surface area contributed by atoms with E-state index in [0.717, 1.165) is 17.7 Å². The summed E-state index contributed by atoms with van der Waals surface area (Å²) in [7, 11) is 1.27. The molecule has 3 aromatic rings. The maximum absolute atomic E-state index is 13.8. The van der Waals surface area contributed by atoms with E-state index in [0.29, 0.717) is 11.4 Å². The molecule has 0 amide bonds. The Kier molecular flexibility index (Phi) is 6.22. The Balaban J connectivity index is 2.00. The molecule has 0 saturated heterocycles. The van der Waals surface area contributed by atoms with Crippen LogP contribution in [-0.4, -0.2) is 17.6 Å². The van der Waals surface area contributed by atoms with Crippen LogP contribution in [0.15, 0.2) is 47.3 Å². The van der Waals surface area contributed by atoms with Crippen LogP contribution < -0.4 is 10.3 Å². The molecule has 0 aliphatic carbocycles. The van der Waals surface area contributed by atoms with Gasteiger partial charge in [-0.3, -0.25) is 9.36 Å². The number of nitrogens with zero attached hydrogens (tertiary/aromatic N) is 1. The van der Waals surface area contributed by atoms with E-state index in [-0.39, 0.29) is 28.5 Å². The normalized spacial score (nSPS) is 10.7. The number of hydrogen-bond donors (Lipinski definition) is 0. The second-order valence-corrected chi connectivity index (χ2v) is 7.00. The molecule has 0 aliphatic rings. The molecule has 5 nitrogen and oxygen atoms in total. The monoisotopic (exact) mass is 433 g/mol. The lowest BCUT2D eigenvalue weighted by Crippen LogP contribution is -2.23. The largest absolute Gasteiger partial charge is 0.487 e. The average molecular weight is 434 g/mol. The Morgan fingerprint density at radius 3 is 2.50 bits per heavy atom. The number of hydrogen-bond acceptors (Lipinski definition) is 4. The summed E-state index contributed by atoms with van der Waals surface area (Å²) < 4.78 is 38.5. The number of carbonyl (C=O) groups excluding carboxylic acids is 1. The van der Waals surface area contributed by atoms with Crippen molar-refractivity contribution < 1.29 is 23.0 Å². The molecule has 8 heteroatoms. The van der Waals surface area contributed by atoms with Gasteiger partial charge in [0.25, 0.3) is 5.56 Å². The van der Waals surface area contributed by atoms with Crippen LogP contribution in [-0.2, 0) is 11.3 Å². The smallest absolute Gasteiger partial charge is 0.337 e. The van der Waals surface area contributed by atoms with E-state index in [1.807, 2.05) is 0 Å². The second-order valence-electron chi connectivity index (χ2n) is 6.62. The molecule has 0 bridgehead atoms. The van der Waals surface area contributed by atoms with Crippen LogP contribution in [0.3, 0.4) is 0 Å². The summed E-state index contributed by atoms with van der Waals surface area (Å²) >= 11 is 6.23. The van der Waals surface area contributed by atoms with Crippen molar-refractivity contribution in [2.45, 2.75) is 20.5 Å². The zero-order chi connectivity index (χ0) is 22.0. The minimum atomic E-state index is -0.758. The van der Waals surface area contributed by atoms with Crippen molar-refractivity contribution in [2.24, 2.45) is 0 Å². The molecular weight excluding hydrogens is 416 g/mol. The van der Waals surface area contributed by atoms with Crippen molar-refractivity contribution in [3.8, 4) is 11.4 Å². The van der Waals surface area contributed by atoms with E-state index >= 15 is 0 Å². The van der Waals surface area contributed by atoms with Crippen LogP contribution >= 0.6 is 11.6 Å². The van der Waals surface area contributed by atoms with Gasteiger partial charge in [-0.15, -0.1) is 0 Å². The minimum Gasteiger partial charge on any atom is -0.487 e. The molecule has 0 fully saturated rings. The maximum Gasteiger partial charge on any atom is 0.337 e. The molecule has 0 unspecified atom stereocenters. The SMILES string of the molecule is COC(=O)c1ccc(C)c(-n2c(C)cc(OCc3ccc(F)cc3F)c(Cl)c2=O)c1. The molecule has 3 rings (SSSR count). The molecule has 0 aliphatic heterocycles. The van der Waals surface area contributed by atoms with Crippen LogP contribution in [0.1, 0.15) is 27.2 Å². The van der Waals surface area contributed by atoms with E-state index in [1.165, 1.54) is 23.8 Å². The molecular formula is C22H18ClF2NO4. The highest BCUT2D eigenvalue weighted by Crippen LogP contribution is 2.26. The molecule has 0 atom stereocenters. The molecule has 0 spiro atoms. The maximum atomic E-state index is 13.8. The predicted molar refractivity (Wildman–Crippen MR) is 109 cm³/mol. The molecule has 1 aromatic heterocycles. The van der Waals surface area contributed by atoms with Crippen molar-refractivity contribution in [1.82, 2.24) is 4.57 Å². The number of carbonyl (C=O) groups is 1. The van der Waals surface area contributed by atoms with Gasteiger partial charge in [-0.1, -0.05) is 17.7 Å². The number of aryl methyl sites for hydroxylation is 2. The fourth-order valence-corrected chi connectivity index (χ4v) is 3.17. The van der Waals surface area contributed by atoms with Crippen molar-refractivity contribution >= 4 is 17.6 Å². The number of esters is 1. The second kappa shape index (κ2) is 8.67. The van der Waals surface area contributed by atoms with Gasteiger partial charge in [0.15, 0.2) is 0 Å². The number of rotatable bonds is 5. The average Bonchev–Trinajstić information content (AvgIpc) is 2.71. The Morgan fingerprint density at radius 1 is 1.10 bits per heavy atom. The van der Waals surface area contributed by atoms with Crippen LogP contribution in [0.5, 0.6) is 5.75 Å². The van der Waals surface area contributed by atoms with E-state index in [4.69, 9.17) is 21.1 Å². The Morgan fingerprint density at radius 2 is 1.83 bits per heavy atom. The van der Waals surface area contributed by atoms with Crippen molar-refractivity contribution in [1.29, 1.82) is 0 Å². The van der Waals surface area contributed by atoms with Crippen LogP contribution in [0.25, 0.3) is 5.69 Å². The predicted octanol–water partition coefficient (Wildman–Crippen LogP) is 4.75. The van der Waals surface area contributed by atoms with Crippen LogP contribution in [0.4, 0.5) is 8.78 Å². The lowest BCUT2D eigenvalue weighted by atomic mass is 10.1. The number of halogens is 3. The van der Waals surface area contributed by atoms with Gasteiger partial charge in [0.1, 0.15) is 29.0 Å². The van der Waals surface area contributed by atoms with Gasteiger partial charge in [0.05, 0.1) is 18.4 Å². The summed E-state index contributed by atoms with van der Waals surface area (Å²) in [5.74, 6) is -1.92. The summed E-state index contributed by atoms with van der Waals surface area (Å²) in [6.07, 6.45) is 0. The number of benzene rings is 2. The highest BCUT2D eigenvalue weighted by molar-refractivity contribution is 6.31. The molecule has 2 aromatic carbocycles. The standard InChI is InChI=1S/C22H18ClF2NO4/c1-12-4-5-14(22(28)29-3)9-18(12)26-13(2)8-19(20(23)21(26)27)30-11-15-6-7-16(24)10-17(15)25/h4-10H,11H2,1-3H3. The van der Waals surface area contributed by atoms with Crippen molar-refractivity contribution in [3.63, 3.8) is 0 Å². The summed E-state index contributed by atoms with van der Waals surface area (Å²) in [5, 5.41) is -0.203. The van der Waals surface area contributed by atoms with Crippen molar-refractivity contribution in [2.75, 3.05) is 7.11 Å². The first-order valence-electron chi connectivity index (χ1n) is 8.91. The van der Waals surface area contributed by atoms with Gasteiger partial charge in [-0.25, -0.2) is 13.6 Å². The quantitative estimate of drug-likeness (QED) is 0.545. The van der Waals surface area contributed by atoms with Crippen LogP contribution in [0.2, 0.25) is 5.02 Å². The number of pyridine rings is 1. The van der Waals surface area contributed by atoms with Gasteiger partial charge < -0.3 is 9.47 Å². The lowest BCUT2D eigenvalue weighted by molar-refractivity contribution is 0.0600. The molecule has 1 heterocycles. The third kappa shape index (κ3) is 4.21. The molecule has 0 saturated carbocycles. The Bertz CT molecular complexity index is 1190. The molecule has 30 heavy (non-hydrogen) atoms. The zero-order valence-corrected chi connectivity index (χ0v) is 17.2. The topological polar surface area (TPSA) is 57.5 Å². The van der Waals surface area contributed by atoms with Crippen molar-refractivity contribution in [3.05, 3.63) is 91.9 Å². The number of methoxy groups -OCH3 is 1. The van der Waals surface area contributed by atoms with E-state index in [9.17, 15) is 18.4 Å². The summed E-state index contributed by atoms with van der Waals surface area (Å²) in [4.78, 5) is 24.8. The zero-order valence-electron chi connectivity index (χ0n) is 16.5. The molecule has 156 valence electrons. The first-order chi connectivity index (χ1) is 14.2. The fourth-order valence-electron chi connectivity index (χ4n) is 2.98. The Labute approximate surface area is 176 Å². The lowest BCUT2D eigenvalue weighted by Gasteiger charge is -2.17. The third-order valence-electron chi connectivity index (χ3n) is 4.57. The summed E-state index contributed by atoms with van der Waals surface area (Å²) in [6, 6.07) is 9.50. The van der Waals surface area contributed by atoms with Gasteiger partial charge in [0.2, 0.25) is 0 Å². The van der Waals surface area contributed by atoms with Gasteiger partial charge in [-0.05, 0) is 43.7 Å². The first-order valence-corrected chi connectivity index (χ1v) is 9.29. The van der Waals surface area contributed by atoms with Gasteiger partial charge >= 0.3 is 5.97 Å². The first kappa shape index (κ1) is 21.5. The van der Waals surface area contributed by atoms with E-state index in [1.54, 1.807) is 32.0 Å². The minimum absolute atomic E-state index is 0.0703. The highest BCUT2D eigenvalue weighted by Gasteiger charge is 2.17. The van der Waals surface area contributed by atoms with Gasteiger partial charge in [-0.2, -0.15) is 0 Å². The molecule has 0 radical (unpaired) electrons. The van der Waals surface area contributed by atoms with Crippen LogP contribution in [0, 0.1) is 25.5 Å². The van der Waals surface area contributed by atoms with E-state index in [2.05, 4.69) is 0 Å². The van der Waals surface area contributed by atoms with E-state index < -0.39 is 23.2 Å². The highest BCUT2D eigenvalue weighted by atomic mass is 35.5. The fraction of sp³-hybridized carbons (Fsp3) is 0.182. The number of ether oxygens (including phenoxy) is 2. The van der Waals surface area contributed by atoms with Gasteiger partial charge in [0, 0.05) is 23.4 Å². The summed E-state index contributed by atoms with van der Waals surface area (Å²) in [5.41, 5.74) is 1.55. The number of aromatic nitrogens is 1. The third-order valence-corrected chi connectivity index (χ3v) is 4.92. The summed E-state index contributed by atoms with van der Waals surface area (Å²) in [6.45, 7) is 3.23. The molecule has 0 N–H and O–H groups in total.